The number of nitrogens with zero attached hydrogens (tertiary/aromatic N) is 4. The summed E-state index contributed by atoms with van der Waals surface area (Å²) in [6.45, 7) is 7.32. The van der Waals surface area contributed by atoms with Gasteiger partial charge in [0.25, 0.3) is 0 Å². The molecule has 1 aliphatic rings. The van der Waals surface area contributed by atoms with Crippen molar-refractivity contribution in [2.45, 2.75) is 45.6 Å². The summed E-state index contributed by atoms with van der Waals surface area (Å²) in [6.07, 6.45) is 1.39. The molecule has 17 nitrogen and oxygen atoms in total. The Morgan fingerprint density at radius 1 is 0.711 bits per heavy atom. The van der Waals surface area contributed by atoms with Crippen molar-refractivity contribution >= 4 is 35.6 Å². The molecule has 0 aromatic rings. The van der Waals surface area contributed by atoms with Crippen LogP contribution in [0.4, 0.5) is 0 Å². The lowest BCUT2D eigenvalue weighted by Crippen LogP contribution is -2.50. The van der Waals surface area contributed by atoms with Gasteiger partial charge in [0.2, 0.25) is 17.7 Å². The average Bonchev–Trinajstić information content (AvgIpc) is 2.92. The summed E-state index contributed by atoms with van der Waals surface area (Å²) in [7, 11) is 0. The number of aliphatic carboxylic acids is 3. The maximum Gasteiger partial charge on any atom is 0.317 e. The third-order valence-electron chi connectivity index (χ3n) is 7.19. The van der Waals surface area contributed by atoms with Crippen LogP contribution in [-0.2, 0) is 28.8 Å². The molecule has 0 saturated carbocycles. The smallest absolute Gasteiger partial charge is 0.317 e. The number of amides is 3. The van der Waals surface area contributed by atoms with E-state index in [-0.39, 0.29) is 39.0 Å². The maximum absolute atomic E-state index is 12.6. The van der Waals surface area contributed by atoms with Crippen LogP contribution in [0, 0.1) is 5.92 Å². The fourth-order valence-corrected chi connectivity index (χ4v) is 4.75. The lowest BCUT2D eigenvalue weighted by molar-refractivity contribution is -0.140. The standard InChI is InChI=1S/C28H52N8O9/c1-21(2)4-3-6-31-28(45)22(16-23(29)37)32-24(38)5-7-30-20-36-14-12-34(18-26(41)42)10-8-33(17-25(39)40)9-11-35(13-15-36)19-27(43)44/h21-22,30H,3-20H2,1-2H3,(H2,29,37)(H,31,45)(H,32,38)(H,39,40)(H,41,42)(H,43,44). The molecule has 0 bridgehead atoms. The van der Waals surface area contributed by atoms with Crippen LogP contribution in [0.1, 0.15) is 39.5 Å². The zero-order valence-electron chi connectivity index (χ0n) is 26.5. The Hall–Kier alpha value is -3.38. The summed E-state index contributed by atoms with van der Waals surface area (Å²) < 4.78 is 0. The van der Waals surface area contributed by atoms with E-state index in [2.05, 4.69) is 29.8 Å². The number of nitrogens with one attached hydrogen (secondary N) is 3. The van der Waals surface area contributed by atoms with E-state index in [0.717, 1.165) is 12.8 Å². The molecule has 0 radical (unpaired) electrons. The summed E-state index contributed by atoms with van der Waals surface area (Å²) in [5, 5.41) is 36.5. The molecular formula is C28H52N8O9. The highest BCUT2D eigenvalue weighted by Gasteiger charge is 2.23. The fraction of sp³-hybridized carbons (Fsp3) is 0.786. The first-order valence-electron chi connectivity index (χ1n) is 15.4. The molecule has 8 N–H and O–H groups in total. The molecule has 0 aliphatic carbocycles. The SMILES string of the molecule is CC(C)CCCNC(=O)C(CC(N)=O)NC(=O)CCNCN1CCN(CC(=O)O)CCN(CC(=O)O)CCN(CC(=O)O)CC1. The first-order valence-corrected chi connectivity index (χ1v) is 15.4. The molecule has 17 heteroatoms. The van der Waals surface area contributed by atoms with Crippen LogP contribution in [0.25, 0.3) is 0 Å². The van der Waals surface area contributed by atoms with Gasteiger partial charge in [0, 0.05) is 78.5 Å². The van der Waals surface area contributed by atoms with Gasteiger partial charge in [-0.15, -0.1) is 0 Å². The van der Waals surface area contributed by atoms with Gasteiger partial charge in [-0.3, -0.25) is 48.4 Å². The third kappa shape index (κ3) is 20.3. The fourth-order valence-electron chi connectivity index (χ4n) is 4.75. The molecule has 45 heavy (non-hydrogen) atoms. The topological polar surface area (TPSA) is 238 Å². The Morgan fingerprint density at radius 2 is 1.16 bits per heavy atom. The van der Waals surface area contributed by atoms with Gasteiger partial charge < -0.3 is 37.0 Å². The summed E-state index contributed by atoms with van der Waals surface area (Å²) in [5.74, 6) is -4.17. The van der Waals surface area contributed by atoms with E-state index in [1.807, 2.05) is 4.90 Å². The molecule has 3 amide bonds. The molecule has 1 rings (SSSR count). The predicted octanol–water partition coefficient (Wildman–Crippen LogP) is -2.69. The normalized spacial score (nSPS) is 17.1. The van der Waals surface area contributed by atoms with Gasteiger partial charge in [0.05, 0.1) is 26.1 Å². The van der Waals surface area contributed by atoms with Crippen LogP contribution in [0.3, 0.4) is 0 Å². The van der Waals surface area contributed by atoms with Crippen molar-refractivity contribution < 1.29 is 44.1 Å². The van der Waals surface area contributed by atoms with E-state index in [0.29, 0.717) is 71.5 Å². The van der Waals surface area contributed by atoms with Crippen molar-refractivity contribution in [2.24, 2.45) is 11.7 Å². The highest BCUT2D eigenvalue weighted by molar-refractivity contribution is 5.91. The summed E-state index contributed by atoms with van der Waals surface area (Å²) in [6, 6.07) is -1.07. The number of rotatable bonds is 19. The molecule has 1 heterocycles. The molecule has 0 aromatic carbocycles. The van der Waals surface area contributed by atoms with Crippen molar-refractivity contribution in [1.82, 2.24) is 35.6 Å². The average molecular weight is 645 g/mol. The molecule has 1 atom stereocenters. The van der Waals surface area contributed by atoms with Gasteiger partial charge in [0.1, 0.15) is 6.04 Å². The van der Waals surface area contributed by atoms with Crippen LogP contribution < -0.4 is 21.7 Å². The Balaban J connectivity index is 2.75. The second kappa shape index (κ2) is 22.2. The Labute approximate surface area is 264 Å². The molecule has 1 unspecified atom stereocenters. The van der Waals surface area contributed by atoms with Crippen LogP contribution in [0.15, 0.2) is 0 Å². The van der Waals surface area contributed by atoms with Crippen LogP contribution in [0.5, 0.6) is 0 Å². The highest BCUT2D eigenvalue weighted by atomic mass is 16.4. The summed E-state index contributed by atoms with van der Waals surface area (Å²) in [4.78, 5) is 77.9. The quantitative estimate of drug-likeness (QED) is 0.0709. The van der Waals surface area contributed by atoms with Crippen molar-refractivity contribution in [2.75, 3.05) is 91.8 Å². The minimum absolute atomic E-state index is 0.0133. The van der Waals surface area contributed by atoms with Crippen molar-refractivity contribution in [3.8, 4) is 0 Å². The third-order valence-corrected chi connectivity index (χ3v) is 7.19. The zero-order valence-corrected chi connectivity index (χ0v) is 26.5. The van der Waals surface area contributed by atoms with Crippen molar-refractivity contribution in [3.63, 3.8) is 0 Å². The van der Waals surface area contributed by atoms with Gasteiger partial charge in [-0.25, -0.2) is 0 Å². The number of carboxylic acids is 3. The van der Waals surface area contributed by atoms with Gasteiger partial charge in [-0.05, 0) is 18.8 Å². The summed E-state index contributed by atoms with van der Waals surface area (Å²) >= 11 is 0. The summed E-state index contributed by atoms with van der Waals surface area (Å²) in [5.41, 5.74) is 5.28. The molecule has 258 valence electrons. The van der Waals surface area contributed by atoms with E-state index < -0.39 is 41.7 Å². The van der Waals surface area contributed by atoms with Gasteiger partial charge in [-0.1, -0.05) is 13.8 Å². The van der Waals surface area contributed by atoms with Crippen molar-refractivity contribution in [3.05, 3.63) is 0 Å². The van der Waals surface area contributed by atoms with E-state index in [9.17, 15) is 44.1 Å². The second-order valence-corrected chi connectivity index (χ2v) is 11.7. The number of carboxylic acid groups (broad SMARTS) is 3. The minimum Gasteiger partial charge on any atom is -0.480 e. The van der Waals surface area contributed by atoms with Crippen LogP contribution >= 0.6 is 0 Å². The van der Waals surface area contributed by atoms with E-state index in [1.165, 1.54) is 0 Å². The van der Waals surface area contributed by atoms with Crippen LogP contribution in [0.2, 0.25) is 0 Å². The highest BCUT2D eigenvalue weighted by Crippen LogP contribution is 2.03. The van der Waals surface area contributed by atoms with Gasteiger partial charge in [-0.2, -0.15) is 0 Å². The number of carbonyl (C=O) groups excluding carboxylic acids is 3. The van der Waals surface area contributed by atoms with Gasteiger partial charge in [0.15, 0.2) is 0 Å². The lowest BCUT2D eigenvalue weighted by Gasteiger charge is -2.33. The largest absolute Gasteiger partial charge is 0.480 e. The Morgan fingerprint density at radius 3 is 1.56 bits per heavy atom. The Bertz CT molecular complexity index is 936. The monoisotopic (exact) mass is 644 g/mol. The number of nitrogens with two attached hydrogens (primary N) is 1. The molecule has 1 saturated heterocycles. The number of carbonyl (C=O) groups is 6. The lowest BCUT2D eigenvalue weighted by atomic mass is 10.1. The molecule has 0 spiro atoms. The minimum atomic E-state index is -1.07. The number of hydrogen-bond acceptors (Lipinski definition) is 11. The zero-order chi connectivity index (χ0) is 33.8. The number of hydrogen-bond donors (Lipinski definition) is 7. The van der Waals surface area contributed by atoms with Crippen molar-refractivity contribution in [1.29, 1.82) is 0 Å². The Kier molecular flexibility index (Phi) is 19.5. The molecular weight excluding hydrogens is 592 g/mol. The molecule has 0 aromatic heterocycles. The van der Waals surface area contributed by atoms with Crippen LogP contribution in [-0.4, -0.2) is 168 Å². The van der Waals surface area contributed by atoms with E-state index in [4.69, 9.17) is 5.73 Å². The van der Waals surface area contributed by atoms with E-state index in [1.54, 1.807) is 14.7 Å². The second-order valence-electron chi connectivity index (χ2n) is 11.7. The van der Waals surface area contributed by atoms with E-state index >= 15 is 0 Å². The first-order chi connectivity index (χ1) is 21.2. The first kappa shape index (κ1) is 39.6. The van der Waals surface area contributed by atoms with Gasteiger partial charge >= 0.3 is 17.9 Å². The number of primary amides is 1. The maximum atomic E-state index is 12.6. The predicted molar refractivity (Wildman–Crippen MR) is 164 cm³/mol. The molecule has 1 fully saturated rings. The molecule has 1 aliphatic heterocycles.